The molecule has 0 bridgehead atoms. The minimum atomic E-state index is -0.138. The number of halogens is 1. The van der Waals surface area contributed by atoms with Crippen molar-refractivity contribution in [3.05, 3.63) is 58.4 Å². The highest BCUT2D eigenvalue weighted by molar-refractivity contribution is 6.30. The number of aryl methyl sites for hydroxylation is 1. The second-order valence-corrected chi connectivity index (χ2v) is 4.21. The van der Waals surface area contributed by atoms with E-state index in [9.17, 15) is 4.79 Å². The van der Waals surface area contributed by atoms with Gasteiger partial charge in [0.15, 0.2) is 5.15 Å². The summed E-state index contributed by atoms with van der Waals surface area (Å²) in [5.41, 5.74) is 2.14. The van der Waals surface area contributed by atoms with Gasteiger partial charge in [-0.1, -0.05) is 29.8 Å². The van der Waals surface area contributed by atoms with E-state index >= 15 is 0 Å². The minimum absolute atomic E-state index is 0.138. The maximum atomic E-state index is 11.8. The second-order valence-electron chi connectivity index (χ2n) is 3.85. The molecule has 0 saturated heterocycles. The average Bonchev–Trinajstić information content (AvgIpc) is 2.40. The Morgan fingerprint density at radius 2 is 2.00 bits per heavy atom. The molecule has 0 atom stereocenters. The minimum Gasteiger partial charge on any atom is -0.348 e. The molecule has 0 saturated carbocycles. The topological polar surface area (TPSA) is 54.9 Å². The molecule has 18 heavy (non-hydrogen) atoms. The third kappa shape index (κ3) is 3.05. The molecule has 1 N–H and O–H groups in total. The fourth-order valence-corrected chi connectivity index (χ4v) is 1.68. The van der Waals surface area contributed by atoms with Gasteiger partial charge in [-0.25, -0.2) is 0 Å². The van der Waals surface area contributed by atoms with Crippen molar-refractivity contribution in [2.75, 3.05) is 0 Å². The number of nitrogens with zero attached hydrogens (tertiary/aromatic N) is 2. The molecule has 5 heteroatoms. The van der Waals surface area contributed by atoms with Crippen molar-refractivity contribution < 1.29 is 4.79 Å². The van der Waals surface area contributed by atoms with Gasteiger partial charge in [0.05, 0.1) is 5.69 Å². The fraction of sp³-hybridized carbons (Fsp3) is 0.154. The average molecular weight is 262 g/mol. The van der Waals surface area contributed by atoms with Crippen molar-refractivity contribution in [3.8, 4) is 0 Å². The lowest BCUT2D eigenvalue weighted by Crippen LogP contribution is -2.23. The largest absolute Gasteiger partial charge is 0.348 e. The number of benzene rings is 1. The summed E-state index contributed by atoms with van der Waals surface area (Å²) in [6.45, 7) is 2.16. The Kier molecular flexibility index (Phi) is 3.89. The standard InChI is InChI=1S/C13H12ClN3O/c1-9-7-11(12(14)17-16-9)8-15-13(18)10-5-3-2-4-6-10/h2-7H,8H2,1H3,(H,15,18). The number of amides is 1. The van der Waals surface area contributed by atoms with Crippen LogP contribution in [-0.2, 0) is 6.54 Å². The van der Waals surface area contributed by atoms with Gasteiger partial charge in [-0.3, -0.25) is 4.79 Å². The Morgan fingerprint density at radius 1 is 1.28 bits per heavy atom. The lowest BCUT2D eigenvalue weighted by molar-refractivity contribution is 0.0951. The first-order chi connectivity index (χ1) is 8.66. The van der Waals surface area contributed by atoms with E-state index in [2.05, 4.69) is 15.5 Å². The molecule has 0 radical (unpaired) electrons. The van der Waals surface area contributed by atoms with Crippen LogP contribution in [0.3, 0.4) is 0 Å². The molecule has 92 valence electrons. The summed E-state index contributed by atoms with van der Waals surface area (Å²) in [5, 5.41) is 10.7. The monoisotopic (exact) mass is 261 g/mol. The van der Waals surface area contributed by atoms with E-state index < -0.39 is 0 Å². The van der Waals surface area contributed by atoms with Crippen molar-refractivity contribution in [2.45, 2.75) is 13.5 Å². The zero-order chi connectivity index (χ0) is 13.0. The Labute approximate surface area is 110 Å². The van der Waals surface area contributed by atoms with Gasteiger partial charge in [0.1, 0.15) is 0 Å². The van der Waals surface area contributed by atoms with Crippen LogP contribution in [0.1, 0.15) is 21.6 Å². The maximum Gasteiger partial charge on any atom is 0.251 e. The Hall–Kier alpha value is -1.94. The van der Waals surface area contributed by atoms with Crippen molar-refractivity contribution in [2.24, 2.45) is 0 Å². The molecule has 0 fully saturated rings. The second kappa shape index (κ2) is 5.60. The van der Waals surface area contributed by atoms with Gasteiger partial charge >= 0.3 is 0 Å². The lowest BCUT2D eigenvalue weighted by Gasteiger charge is -2.06. The van der Waals surface area contributed by atoms with Gasteiger partial charge in [-0.2, -0.15) is 5.10 Å². The lowest BCUT2D eigenvalue weighted by atomic mass is 10.2. The van der Waals surface area contributed by atoms with Crippen LogP contribution in [0.25, 0.3) is 0 Å². The maximum absolute atomic E-state index is 11.8. The van der Waals surface area contributed by atoms with Crippen LogP contribution in [0, 0.1) is 6.92 Å². The van der Waals surface area contributed by atoms with Gasteiger partial charge in [-0.05, 0) is 25.1 Å². The third-order valence-corrected chi connectivity index (χ3v) is 2.74. The number of carbonyl (C=O) groups excluding carboxylic acids is 1. The third-order valence-electron chi connectivity index (χ3n) is 2.42. The summed E-state index contributed by atoms with van der Waals surface area (Å²) < 4.78 is 0. The summed E-state index contributed by atoms with van der Waals surface area (Å²) in [4.78, 5) is 11.8. The van der Waals surface area contributed by atoms with E-state index in [1.54, 1.807) is 18.2 Å². The normalized spacial score (nSPS) is 10.1. The van der Waals surface area contributed by atoms with Crippen molar-refractivity contribution in [3.63, 3.8) is 0 Å². The summed E-state index contributed by atoms with van der Waals surface area (Å²) in [6.07, 6.45) is 0. The van der Waals surface area contributed by atoms with Gasteiger partial charge in [0.2, 0.25) is 0 Å². The summed E-state index contributed by atoms with van der Waals surface area (Å²) >= 11 is 5.90. The van der Waals surface area contributed by atoms with Crippen LogP contribution in [0.5, 0.6) is 0 Å². The van der Waals surface area contributed by atoms with E-state index in [4.69, 9.17) is 11.6 Å². The Bertz CT molecular complexity index is 557. The number of hydrogen-bond donors (Lipinski definition) is 1. The van der Waals surface area contributed by atoms with Crippen LogP contribution in [0.4, 0.5) is 0 Å². The fourth-order valence-electron chi connectivity index (χ4n) is 1.52. The number of hydrogen-bond acceptors (Lipinski definition) is 3. The van der Waals surface area contributed by atoms with Gasteiger partial charge < -0.3 is 5.32 Å². The van der Waals surface area contributed by atoms with E-state index in [1.165, 1.54) is 0 Å². The number of rotatable bonds is 3. The summed E-state index contributed by atoms with van der Waals surface area (Å²) in [6, 6.07) is 10.8. The molecule has 1 amide bonds. The van der Waals surface area contributed by atoms with Crippen molar-refractivity contribution >= 4 is 17.5 Å². The highest BCUT2D eigenvalue weighted by Crippen LogP contribution is 2.12. The number of aromatic nitrogens is 2. The predicted octanol–water partition coefficient (Wildman–Crippen LogP) is 2.37. The first-order valence-electron chi connectivity index (χ1n) is 5.49. The smallest absolute Gasteiger partial charge is 0.251 e. The van der Waals surface area contributed by atoms with Crippen LogP contribution in [0.2, 0.25) is 5.15 Å². The highest BCUT2D eigenvalue weighted by atomic mass is 35.5. The Morgan fingerprint density at radius 3 is 2.72 bits per heavy atom. The van der Waals surface area contributed by atoms with Crippen LogP contribution in [0.15, 0.2) is 36.4 Å². The molecular weight excluding hydrogens is 250 g/mol. The Balaban J connectivity index is 2.04. The van der Waals surface area contributed by atoms with Gasteiger partial charge in [0.25, 0.3) is 5.91 Å². The molecule has 0 aliphatic heterocycles. The van der Waals surface area contributed by atoms with Crippen molar-refractivity contribution in [1.82, 2.24) is 15.5 Å². The van der Waals surface area contributed by atoms with E-state index in [1.807, 2.05) is 25.1 Å². The highest BCUT2D eigenvalue weighted by Gasteiger charge is 2.07. The van der Waals surface area contributed by atoms with Gasteiger partial charge in [0, 0.05) is 17.7 Å². The van der Waals surface area contributed by atoms with Crippen LogP contribution in [-0.4, -0.2) is 16.1 Å². The SMILES string of the molecule is Cc1cc(CNC(=O)c2ccccc2)c(Cl)nn1. The summed E-state index contributed by atoms with van der Waals surface area (Å²) in [7, 11) is 0. The summed E-state index contributed by atoms with van der Waals surface area (Å²) in [5.74, 6) is -0.138. The van der Waals surface area contributed by atoms with Crippen LogP contribution >= 0.6 is 11.6 Å². The van der Waals surface area contributed by atoms with E-state index in [0.29, 0.717) is 17.3 Å². The van der Waals surface area contributed by atoms with E-state index in [0.717, 1.165) is 11.3 Å². The molecule has 0 unspecified atom stereocenters. The van der Waals surface area contributed by atoms with Crippen molar-refractivity contribution in [1.29, 1.82) is 0 Å². The first kappa shape index (κ1) is 12.5. The molecule has 1 aromatic carbocycles. The predicted molar refractivity (Wildman–Crippen MR) is 69.4 cm³/mol. The molecule has 1 aromatic heterocycles. The molecular formula is C13H12ClN3O. The molecule has 2 rings (SSSR count). The van der Waals surface area contributed by atoms with Gasteiger partial charge in [-0.15, -0.1) is 5.10 Å². The number of nitrogens with one attached hydrogen (secondary N) is 1. The first-order valence-corrected chi connectivity index (χ1v) is 5.86. The molecule has 4 nitrogen and oxygen atoms in total. The van der Waals surface area contributed by atoms with E-state index in [-0.39, 0.29) is 5.91 Å². The number of carbonyl (C=O) groups is 1. The molecule has 0 aliphatic carbocycles. The molecule has 1 heterocycles. The molecule has 2 aromatic rings. The zero-order valence-corrected chi connectivity index (χ0v) is 10.6. The molecule has 0 spiro atoms. The molecule has 0 aliphatic rings. The quantitative estimate of drug-likeness (QED) is 0.923. The van der Waals surface area contributed by atoms with Crippen LogP contribution < -0.4 is 5.32 Å². The zero-order valence-electron chi connectivity index (χ0n) is 9.85.